The van der Waals surface area contributed by atoms with Crippen LogP contribution in [0, 0.1) is 11.8 Å². The Morgan fingerprint density at radius 1 is 1.09 bits per heavy atom. The first kappa shape index (κ1) is 21.2. The molecule has 2 aliphatic carbocycles. The number of fused-ring (bicyclic) bond motifs is 4. The summed E-state index contributed by atoms with van der Waals surface area (Å²) in [6.45, 7) is 8.71. The first-order valence-electron chi connectivity index (χ1n) is 12.8. The van der Waals surface area contributed by atoms with Crippen molar-refractivity contribution in [3.05, 3.63) is 65.2 Å². The maximum Gasteiger partial charge on any atom is 0.233 e. The van der Waals surface area contributed by atoms with E-state index >= 15 is 0 Å². The average molecular weight is 445 g/mol. The quantitative estimate of drug-likeness (QED) is 0.755. The van der Waals surface area contributed by atoms with E-state index in [0.717, 1.165) is 58.3 Å². The first-order valence-corrected chi connectivity index (χ1v) is 12.8. The summed E-state index contributed by atoms with van der Waals surface area (Å²) in [5.41, 5.74) is 3.74. The van der Waals surface area contributed by atoms with Gasteiger partial charge in [-0.15, -0.1) is 0 Å². The number of likely N-dealkylation sites (tertiary alicyclic amines) is 2. The fourth-order valence-electron chi connectivity index (χ4n) is 7.43. The van der Waals surface area contributed by atoms with Crippen molar-refractivity contribution in [1.29, 1.82) is 0 Å². The lowest BCUT2D eigenvalue weighted by Crippen LogP contribution is -2.58. The Morgan fingerprint density at radius 2 is 1.85 bits per heavy atom. The van der Waals surface area contributed by atoms with E-state index in [1.165, 1.54) is 16.7 Å². The van der Waals surface area contributed by atoms with E-state index in [2.05, 4.69) is 60.0 Å². The second-order valence-electron chi connectivity index (χ2n) is 11.3. The van der Waals surface area contributed by atoms with Gasteiger partial charge in [-0.1, -0.05) is 50.2 Å². The van der Waals surface area contributed by atoms with E-state index in [1.807, 2.05) is 12.1 Å². The predicted octanol–water partition coefficient (Wildman–Crippen LogP) is 4.50. The number of piperidine rings is 1. The lowest BCUT2D eigenvalue weighted by atomic mass is 9.59. The summed E-state index contributed by atoms with van der Waals surface area (Å²) in [6.07, 6.45) is 5.40. The molecule has 4 heteroatoms. The summed E-state index contributed by atoms with van der Waals surface area (Å²) in [5, 5.41) is 10.1. The van der Waals surface area contributed by atoms with Crippen molar-refractivity contribution < 1.29 is 9.90 Å². The van der Waals surface area contributed by atoms with Crippen LogP contribution >= 0.6 is 0 Å². The number of nitrogens with zero attached hydrogens (tertiary/aromatic N) is 2. The Hall–Kier alpha value is -2.33. The molecule has 4 nitrogen and oxygen atoms in total. The Kier molecular flexibility index (Phi) is 4.88. The van der Waals surface area contributed by atoms with E-state index in [-0.39, 0.29) is 10.8 Å². The molecule has 2 bridgehead atoms. The normalized spacial score (nSPS) is 35.3. The van der Waals surface area contributed by atoms with Gasteiger partial charge in [0.2, 0.25) is 5.91 Å². The molecule has 2 aromatic carbocycles. The fraction of sp³-hybridized carbons (Fsp3) is 0.552. The van der Waals surface area contributed by atoms with Gasteiger partial charge in [-0.2, -0.15) is 0 Å². The molecule has 1 saturated carbocycles. The van der Waals surface area contributed by atoms with Crippen LogP contribution in [0.3, 0.4) is 0 Å². The summed E-state index contributed by atoms with van der Waals surface area (Å²) in [6, 6.07) is 17.1. The molecular weight excluding hydrogens is 408 g/mol. The van der Waals surface area contributed by atoms with E-state index < -0.39 is 0 Å². The molecule has 4 aliphatic rings. The zero-order chi connectivity index (χ0) is 22.8. The number of carbonyl (C=O) groups is 1. The molecule has 2 aromatic rings. The van der Waals surface area contributed by atoms with Gasteiger partial charge in [-0.25, -0.2) is 0 Å². The van der Waals surface area contributed by atoms with Crippen LogP contribution in [0.5, 0.6) is 5.75 Å². The molecule has 1 amide bonds. The zero-order valence-corrected chi connectivity index (χ0v) is 20.0. The van der Waals surface area contributed by atoms with Gasteiger partial charge in [-0.05, 0) is 84.7 Å². The maximum absolute atomic E-state index is 13.8. The number of carbonyl (C=O) groups excluding carboxylic acids is 1. The highest BCUT2D eigenvalue weighted by atomic mass is 16.3. The van der Waals surface area contributed by atoms with Gasteiger partial charge in [0, 0.05) is 25.7 Å². The van der Waals surface area contributed by atoms with Crippen molar-refractivity contribution in [1.82, 2.24) is 9.80 Å². The van der Waals surface area contributed by atoms with Crippen molar-refractivity contribution in [3.63, 3.8) is 0 Å². The van der Waals surface area contributed by atoms with Crippen molar-refractivity contribution in [3.8, 4) is 5.75 Å². The summed E-state index contributed by atoms with van der Waals surface area (Å²) < 4.78 is 0. The van der Waals surface area contributed by atoms with Crippen LogP contribution in [0.4, 0.5) is 0 Å². The highest BCUT2D eigenvalue weighted by Crippen LogP contribution is 2.57. The number of phenols is 1. The summed E-state index contributed by atoms with van der Waals surface area (Å²) in [7, 11) is 0. The topological polar surface area (TPSA) is 43.8 Å². The van der Waals surface area contributed by atoms with Crippen LogP contribution < -0.4 is 0 Å². The number of benzene rings is 2. The first-order chi connectivity index (χ1) is 15.9. The molecule has 2 aliphatic heterocycles. The standard InChI is InChI=1S/C29H36N2O2/c1-20-26-16-21-10-11-24(32)17-25(21)28(20,2)12-15-31(26)19-23-18-29(23,22-8-4-3-5-9-22)27(33)30-13-6-7-14-30/h3-5,8-11,17,20,23,26,32H,6-7,12-16,18-19H2,1-2H3/t20-,23-,26+,28+,29+/m0/s1. The van der Waals surface area contributed by atoms with Crippen LogP contribution in [0.2, 0.25) is 0 Å². The number of hydrogen-bond donors (Lipinski definition) is 1. The molecule has 2 heterocycles. The molecule has 0 radical (unpaired) electrons. The van der Waals surface area contributed by atoms with Crippen molar-refractivity contribution in [2.75, 3.05) is 26.2 Å². The highest BCUT2D eigenvalue weighted by molar-refractivity contribution is 5.92. The third kappa shape index (κ3) is 3.17. The second kappa shape index (κ2) is 7.59. The smallest absolute Gasteiger partial charge is 0.233 e. The Morgan fingerprint density at radius 3 is 2.61 bits per heavy atom. The van der Waals surface area contributed by atoms with E-state index in [1.54, 1.807) is 0 Å². The number of amides is 1. The summed E-state index contributed by atoms with van der Waals surface area (Å²) >= 11 is 0. The molecule has 1 N–H and O–H groups in total. The van der Waals surface area contributed by atoms with Crippen LogP contribution in [0.1, 0.15) is 56.2 Å². The lowest BCUT2D eigenvalue weighted by molar-refractivity contribution is -0.133. The summed E-state index contributed by atoms with van der Waals surface area (Å²) in [4.78, 5) is 18.6. The average Bonchev–Trinajstić information content (AvgIpc) is 3.27. The Balaban J connectivity index is 1.27. The molecule has 33 heavy (non-hydrogen) atoms. The van der Waals surface area contributed by atoms with Gasteiger partial charge in [0.05, 0.1) is 5.41 Å². The minimum atomic E-state index is -0.325. The minimum Gasteiger partial charge on any atom is -0.508 e. The van der Waals surface area contributed by atoms with Gasteiger partial charge in [0.1, 0.15) is 5.75 Å². The number of phenolic OH excluding ortho intramolecular Hbond substituents is 1. The van der Waals surface area contributed by atoms with Crippen molar-refractivity contribution >= 4 is 5.91 Å². The molecule has 5 atom stereocenters. The molecule has 0 spiro atoms. The van der Waals surface area contributed by atoms with Gasteiger partial charge in [0.15, 0.2) is 0 Å². The minimum absolute atomic E-state index is 0.110. The third-order valence-electron chi connectivity index (χ3n) is 9.73. The van der Waals surface area contributed by atoms with Gasteiger partial charge in [-0.3, -0.25) is 9.69 Å². The van der Waals surface area contributed by atoms with Crippen LogP contribution in [0.25, 0.3) is 0 Å². The van der Waals surface area contributed by atoms with Crippen molar-refractivity contribution in [2.45, 2.75) is 62.8 Å². The number of hydrogen-bond acceptors (Lipinski definition) is 3. The molecule has 0 unspecified atom stereocenters. The molecular formula is C29H36N2O2. The largest absolute Gasteiger partial charge is 0.508 e. The fourth-order valence-corrected chi connectivity index (χ4v) is 7.43. The van der Waals surface area contributed by atoms with E-state index in [9.17, 15) is 9.90 Å². The maximum atomic E-state index is 13.8. The van der Waals surface area contributed by atoms with E-state index in [0.29, 0.717) is 29.5 Å². The highest BCUT2D eigenvalue weighted by Gasteiger charge is 2.63. The monoisotopic (exact) mass is 444 g/mol. The van der Waals surface area contributed by atoms with Gasteiger partial charge in [0.25, 0.3) is 0 Å². The number of rotatable bonds is 4. The molecule has 2 saturated heterocycles. The third-order valence-corrected chi connectivity index (χ3v) is 9.73. The second-order valence-corrected chi connectivity index (χ2v) is 11.3. The van der Waals surface area contributed by atoms with Crippen LogP contribution in [0.15, 0.2) is 48.5 Å². The molecule has 6 rings (SSSR count). The van der Waals surface area contributed by atoms with Gasteiger partial charge < -0.3 is 10.0 Å². The predicted molar refractivity (Wildman–Crippen MR) is 130 cm³/mol. The van der Waals surface area contributed by atoms with Crippen LogP contribution in [-0.2, 0) is 22.0 Å². The molecule has 0 aromatic heterocycles. The van der Waals surface area contributed by atoms with Gasteiger partial charge >= 0.3 is 0 Å². The Labute approximate surface area is 197 Å². The lowest BCUT2D eigenvalue weighted by Gasteiger charge is -2.55. The Bertz CT molecular complexity index is 1060. The van der Waals surface area contributed by atoms with Crippen LogP contribution in [-0.4, -0.2) is 53.0 Å². The summed E-state index contributed by atoms with van der Waals surface area (Å²) in [5.74, 6) is 1.68. The van der Waals surface area contributed by atoms with E-state index in [4.69, 9.17) is 0 Å². The van der Waals surface area contributed by atoms with Crippen molar-refractivity contribution in [2.24, 2.45) is 11.8 Å². The zero-order valence-electron chi connectivity index (χ0n) is 20.0. The SMILES string of the molecule is C[C@H]1[C@H]2Cc3ccc(O)cc3[C@]1(C)CCN2C[C@@H]1C[C@@]1(C(=O)N1CCCC1)c1ccccc1. The number of aromatic hydroxyl groups is 1. The molecule has 3 fully saturated rings. The molecule has 174 valence electrons.